The van der Waals surface area contributed by atoms with E-state index in [0.29, 0.717) is 4.47 Å². The molecule has 0 spiro atoms. The number of primary sulfonamides is 1. The van der Waals surface area contributed by atoms with Crippen molar-refractivity contribution in [3.05, 3.63) is 28.2 Å². The molecule has 0 aromatic heterocycles. The van der Waals surface area contributed by atoms with Gasteiger partial charge >= 0.3 is 0 Å². The van der Waals surface area contributed by atoms with Crippen LogP contribution in [0.25, 0.3) is 0 Å². The predicted octanol–water partition coefficient (Wildman–Crippen LogP) is 0.195. The maximum absolute atomic E-state index is 11.0. The lowest BCUT2D eigenvalue weighted by atomic mass is 10.2. The fourth-order valence-electron chi connectivity index (χ4n) is 0.875. The second-order valence-electron chi connectivity index (χ2n) is 2.55. The molecule has 0 bridgehead atoms. The highest BCUT2D eigenvalue weighted by Gasteiger charge is 2.14. The lowest BCUT2D eigenvalue weighted by Gasteiger charge is -2.03. The number of primary amides is 1. The Kier molecular flexibility index (Phi) is 2.93. The van der Waals surface area contributed by atoms with Crippen LogP contribution in [0.3, 0.4) is 0 Å². The van der Waals surface area contributed by atoms with Gasteiger partial charge in [-0.15, -0.1) is 0 Å². The molecule has 0 unspecified atom stereocenters. The zero-order chi connectivity index (χ0) is 10.9. The summed E-state index contributed by atoms with van der Waals surface area (Å²) in [4.78, 5) is 10.6. The van der Waals surface area contributed by atoms with Crippen molar-refractivity contribution in [1.82, 2.24) is 0 Å². The van der Waals surface area contributed by atoms with Crippen molar-refractivity contribution in [2.24, 2.45) is 10.9 Å². The van der Waals surface area contributed by atoms with Gasteiger partial charge in [-0.3, -0.25) is 4.79 Å². The van der Waals surface area contributed by atoms with Crippen LogP contribution in [0.15, 0.2) is 27.6 Å². The molecular formula is C7H7BrN2O3S. The summed E-state index contributed by atoms with van der Waals surface area (Å²) in [6.45, 7) is 0. The number of sulfonamides is 1. The molecule has 0 aliphatic carbocycles. The third kappa shape index (κ3) is 2.31. The zero-order valence-corrected chi connectivity index (χ0v) is 9.30. The number of hydrogen-bond donors (Lipinski definition) is 2. The van der Waals surface area contributed by atoms with Gasteiger partial charge in [0.2, 0.25) is 15.9 Å². The van der Waals surface area contributed by atoms with Gasteiger partial charge in [0, 0.05) is 10.0 Å². The van der Waals surface area contributed by atoms with Crippen LogP contribution in [-0.2, 0) is 10.0 Å². The van der Waals surface area contributed by atoms with Gasteiger partial charge in [0.25, 0.3) is 0 Å². The summed E-state index contributed by atoms with van der Waals surface area (Å²) in [7, 11) is -3.84. The first kappa shape index (κ1) is 11.2. The molecule has 0 saturated carbocycles. The number of rotatable bonds is 2. The maximum Gasteiger partial charge on any atom is 0.248 e. The average molecular weight is 279 g/mol. The smallest absolute Gasteiger partial charge is 0.248 e. The molecule has 76 valence electrons. The number of carbonyl (C=O) groups excluding carboxylic acids is 1. The summed E-state index contributed by atoms with van der Waals surface area (Å²) in [6.07, 6.45) is 0. The Morgan fingerprint density at radius 1 is 1.36 bits per heavy atom. The van der Waals surface area contributed by atoms with E-state index in [0.717, 1.165) is 6.07 Å². The second kappa shape index (κ2) is 3.68. The Hall–Kier alpha value is -0.920. The molecular weight excluding hydrogens is 272 g/mol. The van der Waals surface area contributed by atoms with Crippen molar-refractivity contribution in [1.29, 1.82) is 0 Å². The normalized spacial score (nSPS) is 11.3. The monoisotopic (exact) mass is 278 g/mol. The first-order valence-corrected chi connectivity index (χ1v) is 5.78. The van der Waals surface area contributed by atoms with Crippen molar-refractivity contribution in [3.63, 3.8) is 0 Å². The lowest BCUT2D eigenvalue weighted by Crippen LogP contribution is -2.16. The lowest BCUT2D eigenvalue weighted by molar-refractivity contribution is 0.1000. The Bertz CT molecular complexity index is 484. The molecule has 4 N–H and O–H groups in total. The first-order valence-electron chi connectivity index (χ1n) is 3.44. The van der Waals surface area contributed by atoms with Gasteiger partial charge in [-0.25, -0.2) is 13.6 Å². The highest BCUT2D eigenvalue weighted by molar-refractivity contribution is 9.10. The zero-order valence-electron chi connectivity index (χ0n) is 6.90. The van der Waals surface area contributed by atoms with Crippen LogP contribution in [0.5, 0.6) is 0 Å². The first-order chi connectivity index (χ1) is 6.32. The minimum atomic E-state index is -3.84. The van der Waals surface area contributed by atoms with Crippen LogP contribution in [0.4, 0.5) is 0 Å². The van der Waals surface area contributed by atoms with E-state index in [1.165, 1.54) is 12.1 Å². The van der Waals surface area contributed by atoms with Gasteiger partial charge in [-0.05, 0) is 34.1 Å². The Morgan fingerprint density at radius 2 is 1.93 bits per heavy atom. The maximum atomic E-state index is 11.0. The van der Waals surface area contributed by atoms with Gasteiger partial charge in [0.1, 0.15) is 0 Å². The van der Waals surface area contributed by atoms with Crippen LogP contribution >= 0.6 is 15.9 Å². The van der Waals surface area contributed by atoms with Crippen molar-refractivity contribution in [2.75, 3.05) is 0 Å². The van der Waals surface area contributed by atoms with Crippen molar-refractivity contribution in [2.45, 2.75) is 4.90 Å². The molecule has 0 radical (unpaired) electrons. The standard InChI is InChI=1S/C7H7BrN2O3S/c8-5-2-1-4(7(9)11)3-6(5)14(10,12)13/h1-3H,(H2,9,11)(H2,10,12,13). The molecule has 5 nitrogen and oxygen atoms in total. The fourth-order valence-corrected chi connectivity index (χ4v) is 2.43. The largest absolute Gasteiger partial charge is 0.366 e. The van der Waals surface area contributed by atoms with E-state index in [2.05, 4.69) is 15.9 Å². The van der Waals surface area contributed by atoms with Crippen LogP contribution < -0.4 is 10.9 Å². The highest BCUT2D eigenvalue weighted by atomic mass is 79.9. The Morgan fingerprint density at radius 3 is 2.36 bits per heavy atom. The van der Waals surface area contributed by atoms with Gasteiger partial charge in [0.05, 0.1) is 4.90 Å². The summed E-state index contributed by atoms with van der Waals surface area (Å²) < 4.78 is 22.3. The summed E-state index contributed by atoms with van der Waals surface area (Å²) in [5.74, 6) is -0.706. The highest BCUT2D eigenvalue weighted by Crippen LogP contribution is 2.21. The average Bonchev–Trinajstić information content (AvgIpc) is 2.02. The molecule has 14 heavy (non-hydrogen) atoms. The van der Waals surface area contributed by atoms with Gasteiger partial charge < -0.3 is 5.73 Å². The topological polar surface area (TPSA) is 103 Å². The van der Waals surface area contributed by atoms with E-state index in [-0.39, 0.29) is 10.5 Å². The van der Waals surface area contributed by atoms with Gasteiger partial charge in [-0.1, -0.05) is 0 Å². The number of benzene rings is 1. The van der Waals surface area contributed by atoms with Crippen molar-refractivity contribution in [3.8, 4) is 0 Å². The third-order valence-electron chi connectivity index (χ3n) is 1.52. The SMILES string of the molecule is NC(=O)c1ccc(Br)c(S(N)(=O)=O)c1. The Balaban J connectivity index is 3.44. The van der Waals surface area contributed by atoms with Crippen molar-refractivity contribution < 1.29 is 13.2 Å². The number of halogens is 1. The minimum Gasteiger partial charge on any atom is -0.366 e. The molecule has 0 aliphatic rings. The van der Waals surface area contributed by atoms with Crippen LogP contribution in [0.2, 0.25) is 0 Å². The number of nitrogens with two attached hydrogens (primary N) is 2. The minimum absolute atomic E-state index is 0.0947. The quantitative estimate of drug-likeness (QED) is 0.807. The number of carbonyl (C=O) groups is 1. The molecule has 0 aliphatic heterocycles. The Labute approximate surface area is 89.3 Å². The molecule has 0 heterocycles. The van der Waals surface area contributed by atoms with E-state index in [1.807, 2.05) is 0 Å². The van der Waals surface area contributed by atoms with Crippen LogP contribution in [0.1, 0.15) is 10.4 Å². The summed E-state index contributed by atoms with van der Waals surface area (Å²) in [5.41, 5.74) is 5.08. The molecule has 0 fully saturated rings. The molecule has 1 aromatic carbocycles. The van der Waals surface area contributed by atoms with E-state index >= 15 is 0 Å². The summed E-state index contributed by atoms with van der Waals surface area (Å²) >= 11 is 3.00. The molecule has 0 saturated heterocycles. The summed E-state index contributed by atoms with van der Waals surface area (Å²) in [5, 5.41) is 4.92. The molecule has 1 aromatic rings. The van der Waals surface area contributed by atoms with Crippen LogP contribution in [-0.4, -0.2) is 14.3 Å². The van der Waals surface area contributed by atoms with Gasteiger partial charge in [-0.2, -0.15) is 0 Å². The number of amides is 1. The molecule has 1 rings (SSSR count). The van der Waals surface area contributed by atoms with E-state index in [1.54, 1.807) is 0 Å². The molecule has 7 heteroatoms. The van der Waals surface area contributed by atoms with Crippen molar-refractivity contribution >= 4 is 31.9 Å². The van der Waals surface area contributed by atoms with Gasteiger partial charge in [0.15, 0.2) is 0 Å². The molecule has 0 atom stereocenters. The van der Waals surface area contributed by atoms with E-state index in [9.17, 15) is 13.2 Å². The predicted molar refractivity (Wildman–Crippen MR) is 54.0 cm³/mol. The third-order valence-corrected chi connectivity index (χ3v) is 3.43. The van der Waals surface area contributed by atoms with E-state index in [4.69, 9.17) is 10.9 Å². The number of hydrogen-bond acceptors (Lipinski definition) is 3. The second-order valence-corrected chi connectivity index (χ2v) is 4.94. The molecule has 1 amide bonds. The summed E-state index contributed by atoms with van der Waals surface area (Å²) in [6, 6.07) is 3.93. The van der Waals surface area contributed by atoms with Crippen LogP contribution in [0, 0.1) is 0 Å². The van der Waals surface area contributed by atoms with E-state index < -0.39 is 15.9 Å². The fraction of sp³-hybridized carbons (Fsp3) is 0.